The molecule has 106 valence electrons. The van der Waals surface area contributed by atoms with Gasteiger partial charge in [0.2, 0.25) is 0 Å². The van der Waals surface area contributed by atoms with Crippen LogP contribution in [0.5, 0.6) is 0 Å². The Morgan fingerprint density at radius 1 is 1.00 bits per heavy atom. The molecule has 0 spiro atoms. The summed E-state index contributed by atoms with van der Waals surface area (Å²) in [7, 11) is 0. The van der Waals surface area contributed by atoms with Crippen LogP contribution in [0.2, 0.25) is 0 Å². The fraction of sp³-hybridized carbons (Fsp3) is 0.250. The molecule has 0 bridgehead atoms. The van der Waals surface area contributed by atoms with Crippen LogP contribution in [-0.2, 0) is 12.6 Å². The second kappa shape index (κ2) is 6.00. The van der Waals surface area contributed by atoms with E-state index in [1.165, 1.54) is 12.1 Å². The molecule has 1 atom stereocenters. The third-order valence-electron chi connectivity index (χ3n) is 3.14. The molecule has 0 radical (unpaired) electrons. The number of alkyl halides is 4. The minimum atomic E-state index is -4.32. The second-order valence-corrected chi connectivity index (χ2v) is 5.85. The average Bonchev–Trinajstić information content (AvgIpc) is 2.40. The van der Waals surface area contributed by atoms with Crippen LogP contribution in [0.3, 0.4) is 0 Å². The molecule has 2 aromatic carbocycles. The SMILES string of the molecule is Cc1ccc(CC(Br)c2ccccc2C(F)(F)F)cc1. The zero-order valence-corrected chi connectivity index (χ0v) is 12.5. The molecule has 20 heavy (non-hydrogen) atoms. The lowest BCUT2D eigenvalue weighted by Gasteiger charge is -2.17. The predicted octanol–water partition coefficient (Wildman–Crippen LogP) is 5.69. The van der Waals surface area contributed by atoms with Gasteiger partial charge in [-0.15, -0.1) is 0 Å². The van der Waals surface area contributed by atoms with Crippen LogP contribution in [0, 0.1) is 6.92 Å². The van der Waals surface area contributed by atoms with Gasteiger partial charge in [-0.05, 0) is 30.5 Å². The summed E-state index contributed by atoms with van der Waals surface area (Å²) in [5, 5.41) is 0. The van der Waals surface area contributed by atoms with Crippen molar-refractivity contribution in [3.8, 4) is 0 Å². The first-order chi connectivity index (χ1) is 9.38. The highest BCUT2D eigenvalue weighted by Crippen LogP contribution is 2.38. The number of halogens is 4. The van der Waals surface area contributed by atoms with Crippen molar-refractivity contribution < 1.29 is 13.2 Å². The summed E-state index contributed by atoms with van der Waals surface area (Å²) in [6, 6.07) is 13.5. The van der Waals surface area contributed by atoms with Crippen molar-refractivity contribution in [3.05, 3.63) is 70.8 Å². The van der Waals surface area contributed by atoms with E-state index in [9.17, 15) is 13.2 Å². The fourth-order valence-electron chi connectivity index (χ4n) is 2.07. The van der Waals surface area contributed by atoms with Crippen LogP contribution in [0.1, 0.15) is 27.1 Å². The molecule has 0 amide bonds. The minimum absolute atomic E-state index is 0.278. The second-order valence-electron chi connectivity index (χ2n) is 4.74. The van der Waals surface area contributed by atoms with E-state index in [-0.39, 0.29) is 10.4 Å². The van der Waals surface area contributed by atoms with Crippen LogP contribution in [-0.4, -0.2) is 0 Å². The highest BCUT2D eigenvalue weighted by molar-refractivity contribution is 9.09. The van der Waals surface area contributed by atoms with Gasteiger partial charge in [0, 0.05) is 4.83 Å². The maximum atomic E-state index is 13.0. The molecule has 0 aromatic heterocycles. The third kappa shape index (κ3) is 3.63. The van der Waals surface area contributed by atoms with Gasteiger partial charge < -0.3 is 0 Å². The van der Waals surface area contributed by atoms with Gasteiger partial charge in [0.05, 0.1) is 5.56 Å². The van der Waals surface area contributed by atoms with E-state index in [4.69, 9.17) is 0 Å². The van der Waals surface area contributed by atoms with Crippen molar-refractivity contribution in [1.82, 2.24) is 0 Å². The van der Waals surface area contributed by atoms with Crippen LogP contribution in [0.4, 0.5) is 13.2 Å². The van der Waals surface area contributed by atoms with Crippen LogP contribution in [0.15, 0.2) is 48.5 Å². The zero-order valence-electron chi connectivity index (χ0n) is 10.9. The quantitative estimate of drug-likeness (QED) is 0.628. The normalized spacial score (nSPS) is 13.2. The van der Waals surface area contributed by atoms with E-state index in [2.05, 4.69) is 15.9 Å². The maximum absolute atomic E-state index is 13.0. The van der Waals surface area contributed by atoms with E-state index in [1.807, 2.05) is 31.2 Å². The van der Waals surface area contributed by atoms with Gasteiger partial charge in [-0.2, -0.15) is 13.2 Å². The standard InChI is InChI=1S/C16H14BrF3/c1-11-6-8-12(9-7-11)10-15(17)13-4-2-3-5-14(13)16(18,19)20/h2-9,15H,10H2,1H3. The fourth-order valence-corrected chi connectivity index (χ4v) is 2.84. The summed E-state index contributed by atoms with van der Waals surface area (Å²) in [4.78, 5) is -0.358. The molecular formula is C16H14BrF3. The molecule has 1 unspecified atom stereocenters. The van der Waals surface area contributed by atoms with Crippen molar-refractivity contribution >= 4 is 15.9 Å². The van der Waals surface area contributed by atoms with Crippen molar-refractivity contribution in [1.29, 1.82) is 0 Å². The Labute approximate surface area is 124 Å². The van der Waals surface area contributed by atoms with Gasteiger partial charge >= 0.3 is 6.18 Å². The summed E-state index contributed by atoms with van der Waals surface area (Å²) in [5.74, 6) is 0. The average molecular weight is 343 g/mol. The maximum Gasteiger partial charge on any atom is 0.416 e. The molecule has 0 aliphatic carbocycles. The molecule has 0 fully saturated rings. The Hall–Kier alpha value is -1.29. The number of benzene rings is 2. The first-order valence-electron chi connectivity index (χ1n) is 6.23. The molecule has 0 aliphatic heterocycles. The number of rotatable bonds is 3. The molecule has 4 heteroatoms. The van der Waals surface area contributed by atoms with Gasteiger partial charge in [-0.3, -0.25) is 0 Å². The first-order valence-corrected chi connectivity index (χ1v) is 7.15. The third-order valence-corrected chi connectivity index (χ3v) is 3.96. The van der Waals surface area contributed by atoms with Crippen molar-refractivity contribution in [2.75, 3.05) is 0 Å². The van der Waals surface area contributed by atoms with Gasteiger partial charge in [-0.1, -0.05) is 64.0 Å². The molecule has 2 aromatic rings. The minimum Gasteiger partial charge on any atom is -0.166 e. The Kier molecular flexibility index (Phi) is 4.53. The molecular weight excluding hydrogens is 329 g/mol. The van der Waals surface area contributed by atoms with Gasteiger partial charge in [-0.25, -0.2) is 0 Å². The Morgan fingerprint density at radius 2 is 1.60 bits per heavy atom. The zero-order chi connectivity index (χ0) is 14.8. The summed E-state index contributed by atoms with van der Waals surface area (Å²) in [6.45, 7) is 1.98. The Bertz CT molecular complexity index is 573. The predicted molar refractivity (Wildman–Crippen MR) is 78.0 cm³/mol. The lowest BCUT2D eigenvalue weighted by molar-refractivity contribution is -0.138. The summed E-state index contributed by atoms with van der Waals surface area (Å²) < 4.78 is 38.9. The van der Waals surface area contributed by atoms with Crippen molar-refractivity contribution in [2.45, 2.75) is 24.3 Å². The van der Waals surface area contributed by atoms with Gasteiger partial charge in [0.1, 0.15) is 0 Å². The number of hydrogen-bond acceptors (Lipinski definition) is 0. The molecule has 0 saturated carbocycles. The molecule has 0 saturated heterocycles. The Balaban J connectivity index is 2.25. The van der Waals surface area contributed by atoms with Crippen LogP contribution < -0.4 is 0 Å². The van der Waals surface area contributed by atoms with Crippen molar-refractivity contribution in [3.63, 3.8) is 0 Å². The van der Waals surface area contributed by atoms with Gasteiger partial charge in [0.15, 0.2) is 0 Å². The van der Waals surface area contributed by atoms with E-state index in [0.717, 1.165) is 17.2 Å². The van der Waals surface area contributed by atoms with E-state index in [0.29, 0.717) is 6.42 Å². The highest BCUT2D eigenvalue weighted by atomic mass is 79.9. The summed E-state index contributed by atoms with van der Waals surface area (Å²) in [5.41, 5.74) is 1.85. The Morgan fingerprint density at radius 3 is 2.20 bits per heavy atom. The monoisotopic (exact) mass is 342 g/mol. The molecule has 0 aliphatic rings. The topological polar surface area (TPSA) is 0 Å². The van der Waals surface area contributed by atoms with Gasteiger partial charge in [0.25, 0.3) is 0 Å². The number of hydrogen-bond donors (Lipinski definition) is 0. The smallest absolute Gasteiger partial charge is 0.166 e. The first kappa shape index (κ1) is 15.1. The van der Waals surface area contributed by atoms with E-state index < -0.39 is 11.7 Å². The van der Waals surface area contributed by atoms with Crippen LogP contribution >= 0.6 is 15.9 Å². The molecule has 0 nitrogen and oxygen atoms in total. The molecule has 0 heterocycles. The van der Waals surface area contributed by atoms with Crippen molar-refractivity contribution in [2.24, 2.45) is 0 Å². The lowest BCUT2D eigenvalue weighted by atomic mass is 9.99. The summed E-state index contributed by atoms with van der Waals surface area (Å²) in [6.07, 6.45) is -3.80. The summed E-state index contributed by atoms with van der Waals surface area (Å²) >= 11 is 3.38. The largest absolute Gasteiger partial charge is 0.416 e. The van der Waals surface area contributed by atoms with Crippen LogP contribution in [0.25, 0.3) is 0 Å². The highest BCUT2D eigenvalue weighted by Gasteiger charge is 2.34. The molecule has 0 N–H and O–H groups in total. The number of aryl methyl sites for hydroxylation is 1. The van der Waals surface area contributed by atoms with E-state index in [1.54, 1.807) is 6.07 Å². The molecule has 2 rings (SSSR count). The lowest BCUT2D eigenvalue weighted by Crippen LogP contribution is -2.10. The van der Waals surface area contributed by atoms with E-state index >= 15 is 0 Å².